The highest BCUT2D eigenvalue weighted by molar-refractivity contribution is 7.71. The Hall–Kier alpha value is -2.60. The highest BCUT2D eigenvalue weighted by Crippen LogP contribution is 2.15. The number of aromatic nitrogens is 3. The van der Waals surface area contributed by atoms with Crippen LogP contribution in [-0.4, -0.2) is 21.1 Å². The van der Waals surface area contributed by atoms with Gasteiger partial charge in [-0.3, -0.25) is 5.10 Å². The number of halogens is 1. The van der Waals surface area contributed by atoms with E-state index in [1.807, 2.05) is 6.21 Å². The average molecular weight is 354 g/mol. The minimum Gasteiger partial charge on any atom is -0.250 e. The molecule has 0 aliphatic heterocycles. The minimum atomic E-state index is -0.258. The molecule has 128 valence electrons. The fourth-order valence-electron chi connectivity index (χ4n) is 2.85. The molecule has 0 atom stereocenters. The van der Waals surface area contributed by atoms with Gasteiger partial charge in [0.2, 0.25) is 4.77 Å². The minimum absolute atomic E-state index is 0.258. The van der Waals surface area contributed by atoms with Crippen molar-refractivity contribution in [2.45, 2.75) is 27.2 Å². The molecule has 3 aromatic rings. The van der Waals surface area contributed by atoms with E-state index in [0.29, 0.717) is 17.0 Å². The van der Waals surface area contributed by atoms with Crippen molar-refractivity contribution in [1.82, 2.24) is 14.9 Å². The molecule has 0 fully saturated rings. The number of rotatable bonds is 4. The molecule has 6 heteroatoms. The Morgan fingerprint density at radius 1 is 1.16 bits per heavy atom. The van der Waals surface area contributed by atoms with E-state index in [9.17, 15) is 4.39 Å². The molecule has 0 aliphatic carbocycles. The third kappa shape index (κ3) is 3.91. The fourth-order valence-corrected chi connectivity index (χ4v) is 3.05. The van der Waals surface area contributed by atoms with Crippen molar-refractivity contribution < 1.29 is 4.39 Å². The van der Waals surface area contributed by atoms with Crippen LogP contribution in [0.1, 0.15) is 33.6 Å². The van der Waals surface area contributed by atoms with Crippen LogP contribution < -0.4 is 0 Å². The van der Waals surface area contributed by atoms with Gasteiger partial charge in [-0.2, -0.15) is 14.9 Å². The molecule has 0 radical (unpaired) electrons. The van der Waals surface area contributed by atoms with E-state index in [0.717, 1.165) is 22.3 Å². The first kappa shape index (κ1) is 17.2. The van der Waals surface area contributed by atoms with Crippen molar-refractivity contribution in [3.63, 3.8) is 0 Å². The molecule has 0 unspecified atom stereocenters. The number of H-pyrrole nitrogens is 1. The normalized spacial score (nSPS) is 11.4. The first-order chi connectivity index (χ1) is 11.9. The SMILES string of the molecule is Cc1cc(C)c(C=Nn2c(Cc3ccc(F)cc3)n[nH]c2=S)c(C)c1. The molecule has 0 spiro atoms. The van der Waals surface area contributed by atoms with E-state index in [1.165, 1.54) is 17.7 Å². The molecule has 3 rings (SSSR count). The van der Waals surface area contributed by atoms with Gasteiger partial charge in [0.25, 0.3) is 0 Å². The average Bonchev–Trinajstić information content (AvgIpc) is 2.89. The van der Waals surface area contributed by atoms with Crippen LogP contribution in [0.15, 0.2) is 41.5 Å². The second-order valence-corrected chi connectivity index (χ2v) is 6.50. The molecule has 0 amide bonds. The zero-order chi connectivity index (χ0) is 18.0. The molecule has 1 N–H and O–H groups in total. The predicted molar refractivity (Wildman–Crippen MR) is 100 cm³/mol. The zero-order valence-electron chi connectivity index (χ0n) is 14.4. The summed E-state index contributed by atoms with van der Waals surface area (Å²) in [6, 6.07) is 10.6. The second kappa shape index (κ2) is 7.11. The maximum Gasteiger partial charge on any atom is 0.216 e. The van der Waals surface area contributed by atoms with Crippen molar-refractivity contribution >= 4 is 18.4 Å². The molecular weight excluding hydrogens is 335 g/mol. The Labute approximate surface area is 151 Å². The highest BCUT2D eigenvalue weighted by Gasteiger charge is 2.07. The lowest BCUT2D eigenvalue weighted by Gasteiger charge is -2.07. The van der Waals surface area contributed by atoms with Gasteiger partial charge in [0.15, 0.2) is 5.82 Å². The Kier molecular flexibility index (Phi) is 4.90. The fraction of sp³-hybridized carbons (Fsp3) is 0.211. The van der Waals surface area contributed by atoms with Crippen LogP contribution in [0.3, 0.4) is 0 Å². The number of aryl methyl sites for hydroxylation is 3. The van der Waals surface area contributed by atoms with Gasteiger partial charge < -0.3 is 0 Å². The van der Waals surface area contributed by atoms with Crippen LogP contribution in [0.25, 0.3) is 0 Å². The van der Waals surface area contributed by atoms with Gasteiger partial charge in [-0.1, -0.05) is 29.8 Å². The Balaban J connectivity index is 1.92. The van der Waals surface area contributed by atoms with E-state index in [1.54, 1.807) is 16.8 Å². The molecule has 1 heterocycles. The summed E-state index contributed by atoms with van der Waals surface area (Å²) in [5, 5.41) is 11.5. The Morgan fingerprint density at radius 3 is 2.44 bits per heavy atom. The molecule has 0 saturated carbocycles. The number of hydrogen-bond acceptors (Lipinski definition) is 3. The van der Waals surface area contributed by atoms with Gasteiger partial charge >= 0.3 is 0 Å². The van der Waals surface area contributed by atoms with Crippen LogP contribution in [0.4, 0.5) is 4.39 Å². The standard InChI is InChI=1S/C19H19FN4S/c1-12-8-13(2)17(14(3)9-12)11-21-24-18(22-23-19(24)25)10-15-4-6-16(20)7-5-15/h4-9,11H,10H2,1-3H3,(H,23,25). The lowest BCUT2D eigenvalue weighted by molar-refractivity contribution is 0.627. The Bertz CT molecular complexity index is 960. The molecule has 0 bridgehead atoms. The lowest BCUT2D eigenvalue weighted by Crippen LogP contribution is -2.02. The molecule has 25 heavy (non-hydrogen) atoms. The second-order valence-electron chi connectivity index (χ2n) is 6.12. The number of nitrogens with zero attached hydrogens (tertiary/aromatic N) is 3. The van der Waals surface area contributed by atoms with Gasteiger partial charge in [0, 0.05) is 12.0 Å². The molecule has 4 nitrogen and oxygen atoms in total. The van der Waals surface area contributed by atoms with Crippen molar-refractivity contribution in [2.75, 3.05) is 0 Å². The first-order valence-corrected chi connectivity index (χ1v) is 8.38. The lowest BCUT2D eigenvalue weighted by atomic mass is 10.0. The monoisotopic (exact) mass is 354 g/mol. The van der Waals surface area contributed by atoms with Crippen LogP contribution in [0, 0.1) is 31.4 Å². The summed E-state index contributed by atoms with van der Waals surface area (Å²) in [6.07, 6.45) is 2.32. The first-order valence-electron chi connectivity index (χ1n) is 7.97. The molecule has 1 aromatic heterocycles. The third-order valence-electron chi connectivity index (χ3n) is 4.03. The van der Waals surface area contributed by atoms with Gasteiger partial charge in [-0.05, 0) is 61.8 Å². The predicted octanol–water partition coefficient (Wildman–Crippen LogP) is 4.48. The topological polar surface area (TPSA) is 46.0 Å². The third-order valence-corrected chi connectivity index (χ3v) is 4.30. The molecule has 2 aromatic carbocycles. The summed E-state index contributed by atoms with van der Waals surface area (Å²) in [7, 11) is 0. The van der Waals surface area contributed by atoms with Crippen LogP contribution in [0.2, 0.25) is 0 Å². The van der Waals surface area contributed by atoms with Crippen molar-refractivity contribution in [3.8, 4) is 0 Å². The summed E-state index contributed by atoms with van der Waals surface area (Å²) < 4.78 is 15.1. The summed E-state index contributed by atoms with van der Waals surface area (Å²) >= 11 is 5.28. The summed E-state index contributed by atoms with van der Waals surface area (Å²) in [4.78, 5) is 0. The van der Waals surface area contributed by atoms with Gasteiger partial charge in [0.05, 0.1) is 6.21 Å². The maximum absolute atomic E-state index is 13.1. The van der Waals surface area contributed by atoms with E-state index in [-0.39, 0.29) is 5.82 Å². The summed E-state index contributed by atoms with van der Waals surface area (Å²) in [6.45, 7) is 6.21. The van der Waals surface area contributed by atoms with E-state index < -0.39 is 0 Å². The Morgan fingerprint density at radius 2 is 1.80 bits per heavy atom. The molecule has 0 saturated heterocycles. The molecular formula is C19H19FN4S. The van der Waals surface area contributed by atoms with E-state index >= 15 is 0 Å². The van der Waals surface area contributed by atoms with Crippen LogP contribution in [-0.2, 0) is 6.42 Å². The number of nitrogens with one attached hydrogen (secondary N) is 1. The maximum atomic E-state index is 13.1. The zero-order valence-corrected chi connectivity index (χ0v) is 15.2. The van der Waals surface area contributed by atoms with Crippen molar-refractivity contribution in [2.24, 2.45) is 5.10 Å². The number of benzene rings is 2. The van der Waals surface area contributed by atoms with Crippen molar-refractivity contribution in [1.29, 1.82) is 0 Å². The van der Waals surface area contributed by atoms with E-state index in [2.05, 4.69) is 48.2 Å². The summed E-state index contributed by atoms with van der Waals surface area (Å²) in [5.74, 6) is 0.418. The van der Waals surface area contributed by atoms with Gasteiger partial charge in [-0.15, -0.1) is 0 Å². The smallest absolute Gasteiger partial charge is 0.216 e. The summed E-state index contributed by atoms with van der Waals surface area (Å²) in [5.41, 5.74) is 5.56. The van der Waals surface area contributed by atoms with E-state index in [4.69, 9.17) is 12.2 Å². The largest absolute Gasteiger partial charge is 0.250 e. The highest BCUT2D eigenvalue weighted by atomic mass is 32.1. The van der Waals surface area contributed by atoms with Crippen LogP contribution in [0.5, 0.6) is 0 Å². The van der Waals surface area contributed by atoms with Gasteiger partial charge in [0.1, 0.15) is 5.82 Å². The quantitative estimate of drug-likeness (QED) is 0.555. The number of hydrogen-bond donors (Lipinski definition) is 1. The van der Waals surface area contributed by atoms with Gasteiger partial charge in [-0.25, -0.2) is 4.39 Å². The molecule has 0 aliphatic rings. The van der Waals surface area contributed by atoms with Crippen molar-refractivity contribution in [3.05, 3.63) is 80.6 Å². The van der Waals surface area contributed by atoms with Crippen LogP contribution >= 0.6 is 12.2 Å². The number of aromatic amines is 1.